The summed E-state index contributed by atoms with van der Waals surface area (Å²) in [6.07, 6.45) is 0. The summed E-state index contributed by atoms with van der Waals surface area (Å²) in [6.45, 7) is 0.239. The third kappa shape index (κ3) is 3.62. The van der Waals surface area contributed by atoms with Gasteiger partial charge in [-0.2, -0.15) is 5.26 Å². The van der Waals surface area contributed by atoms with Crippen molar-refractivity contribution in [3.05, 3.63) is 71.3 Å². The van der Waals surface area contributed by atoms with Crippen molar-refractivity contribution in [1.82, 2.24) is 15.5 Å². The van der Waals surface area contributed by atoms with Crippen LogP contribution in [0.2, 0.25) is 0 Å². The molecular formula is C21H18N4O3S. The molecule has 2 N–H and O–H groups in total. The van der Waals surface area contributed by atoms with E-state index < -0.39 is 17.5 Å². The third-order valence-electron chi connectivity index (χ3n) is 5.00. The Morgan fingerprint density at radius 2 is 1.59 bits per heavy atom. The zero-order chi connectivity index (χ0) is 20.4. The molecule has 3 amide bonds. The molecule has 1 fully saturated rings. The predicted octanol–water partition coefficient (Wildman–Crippen LogP) is 1.90. The fraction of sp³-hybridized carbons (Fsp3) is 0.238. The smallest absolute Gasteiger partial charge is 0.261 e. The zero-order valence-electron chi connectivity index (χ0n) is 15.4. The Balaban J connectivity index is 1.39. The Morgan fingerprint density at radius 1 is 0.966 bits per heavy atom. The van der Waals surface area contributed by atoms with Crippen molar-refractivity contribution in [1.29, 1.82) is 5.26 Å². The number of hydrogen-bond acceptors (Lipinski definition) is 6. The first kappa shape index (κ1) is 19.2. The molecule has 3 atom stereocenters. The normalized spacial score (nSPS) is 23.5. The van der Waals surface area contributed by atoms with Crippen molar-refractivity contribution >= 4 is 29.5 Å². The van der Waals surface area contributed by atoms with Gasteiger partial charge in [-0.25, -0.2) is 0 Å². The highest BCUT2D eigenvalue weighted by Crippen LogP contribution is 2.28. The highest BCUT2D eigenvalue weighted by atomic mass is 32.2. The number of carbonyl (C=O) groups excluding carboxylic acids is 3. The number of nitrogens with zero attached hydrogens (tertiary/aromatic N) is 2. The molecule has 8 heteroatoms. The molecule has 4 rings (SSSR count). The highest BCUT2D eigenvalue weighted by Gasteiger charge is 2.38. The van der Waals surface area contributed by atoms with Crippen molar-refractivity contribution in [2.45, 2.75) is 11.5 Å². The Bertz CT molecular complexity index is 969. The molecule has 2 aliphatic heterocycles. The molecule has 7 nitrogen and oxygen atoms in total. The van der Waals surface area contributed by atoms with Crippen LogP contribution in [0.4, 0.5) is 0 Å². The SMILES string of the molecule is N#CC1C(=O)NC(SCCN2C(=O)c3ccccc3C2=O)NC1c1ccccc1. The standard InChI is InChI=1S/C21H18N4O3S/c22-12-16-17(13-6-2-1-3-7-13)23-21(24-18(16)26)29-11-10-25-19(27)14-8-4-5-9-15(14)20(25)28/h1-9,16-17,21,23H,10-11H2,(H,24,26). The summed E-state index contributed by atoms with van der Waals surface area (Å²) in [4.78, 5) is 38.5. The maximum atomic E-state index is 12.4. The summed E-state index contributed by atoms with van der Waals surface area (Å²) >= 11 is 1.38. The van der Waals surface area contributed by atoms with Gasteiger partial charge in [0.2, 0.25) is 5.91 Å². The van der Waals surface area contributed by atoms with Crippen LogP contribution in [0.5, 0.6) is 0 Å². The van der Waals surface area contributed by atoms with E-state index in [4.69, 9.17) is 0 Å². The van der Waals surface area contributed by atoms with Crippen molar-refractivity contribution < 1.29 is 14.4 Å². The monoisotopic (exact) mass is 406 g/mol. The minimum absolute atomic E-state index is 0.239. The summed E-state index contributed by atoms with van der Waals surface area (Å²) in [5, 5.41) is 15.5. The first-order chi connectivity index (χ1) is 14.1. The molecule has 0 aliphatic carbocycles. The fourth-order valence-electron chi connectivity index (χ4n) is 3.55. The van der Waals surface area contributed by atoms with Gasteiger partial charge < -0.3 is 5.32 Å². The van der Waals surface area contributed by atoms with Crippen LogP contribution in [0.3, 0.4) is 0 Å². The van der Waals surface area contributed by atoms with Crippen molar-refractivity contribution in [2.75, 3.05) is 12.3 Å². The van der Waals surface area contributed by atoms with E-state index in [9.17, 15) is 19.6 Å². The second-order valence-electron chi connectivity index (χ2n) is 6.73. The second-order valence-corrected chi connectivity index (χ2v) is 7.94. The number of rotatable bonds is 5. The first-order valence-corrected chi connectivity index (χ1v) is 10.2. The Kier molecular flexibility index (Phi) is 5.34. The molecule has 2 heterocycles. The number of hydrogen-bond donors (Lipinski definition) is 2. The zero-order valence-corrected chi connectivity index (χ0v) is 16.2. The molecule has 0 bridgehead atoms. The molecule has 2 aromatic carbocycles. The topological polar surface area (TPSA) is 102 Å². The van der Waals surface area contributed by atoms with Crippen LogP contribution in [0.15, 0.2) is 54.6 Å². The van der Waals surface area contributed by atoms with Crippen LogP contribution in [-0.2, 0) is 4.79 Å². The Hall–Kier alpha value is -3.15. The van der Waals surface area contributed by atoms with Gasteiger partial charge in [0.1, 0.15) is 11.4 Å². The minimum Gasteiger partial charge on any atom is -0.331 e. The molecule has 0 spiro atoms. The Morgan fingerprint density at radius 3 is 2.21 bits per heavy atom. The van der Waals surface area contributed by atoms with E-state index in [1.165, 1.54) is 16.7 Å². The van der Waals surface area contributed by atoms with E-state index >= 15 is 0 Å². The first-order valence-electron chi connectivity index (χ1n) is 9.18. The molecule has 146 valence electrons. The maximum absolute atomic E-state index is 12.4. The van der Waals surface area contributed by atoms with Gasteiger partial charge >= 0.3 is 0 Å². The van der Waals surface area contributed by atoms with Crippen molar-refractivity contribution in [3.8, 4) is 6.07 Å². The van der Waals surface area contributed by atoms with Gasteiger partial charge in [0, 0.05) is 12.3 Å². The summed E-state index contributed by atoms with van der Waals surface area (Å²) in [6, 6.07) is 17.8. The maximum Gasteiger partial charge on any atom is 0.261 e. The molecule has 0 radical (unpaired) electrons. The van der Waals surface area contributed by atoms with Crippen LogP contribution in [0.25, 0.3) is 0 Å². The van der Waals surface area contributed by atoms with E-state index in [2.05, 4.69) is 16.7 Å². The van der Waals surface area contributed by atoms with Gasteiger partial charge in [-0.1, -0.05) is 42.5 Å². The van der Waals surface area contributed by atoms with Gasteiger partial charge in [0.15, 0.2) is 0 Å². The molecule has 2 aromatic rings. The third-order valence-corrected chi connectivity index (χ3v) is 6.00. The van der Waals surface area contributed by atoms with E-state index in [1.54, 1.807) is 24.3 Å². The summed E-state index contributed by atoms with van der Waals surface area (Å²) in [7, 11) is 0. The molecule has 2 aliphatic rings. The number of fused-ring (bicyclic) bond motifs is 1. The molecule has 3 unspecified atom stereocenters. The van der Waals surface area contributed by atoms with Crippen LogP contribution in [-0.4, -0.2) is 40.4 Å². The Labute approximate surface area is 172 Å². The van der Waals surface area contributed by atoms with Crippen molar-refractivity contribution in [2.24, 2.45) is 5.92 Å². The molecule has 1 saturated heterocycles. The lowest BCUT2D eigenvalue weighted by molar-refractivity contribution is -0.126. The number of benzene rings is 2. The van der Waals surface area contributed by atoms with E-state index in [0.29, 0.717) is 16.9 Å². The average Bonchev–Trinajstić information content (AvgIpc) is 2.99. The number of nitriles is 1. The molecule has 0 saturated carbocycles. The summed E-state index contributed by atoms with van der Waals surface area (Å²) in [5.41, 5.74) is 1.28. The second kappa shape index (κ2) is 8.07. The van der Waals surface area contributed by atoms with Crippen LogP contribution < -0.4 is 10.6 Å². The van der Waals surface area contributed by atoms with Gasteiger partial charge in [-0.3, -0.25) is 24.6 Å². The number of carbonyl (C=O) groups is 3. The van der Waals surface area contributed by atoms with Crippen LogP contribution in [0.1, 0.15) is 32.3 Å². The van der Waals surface area contributed by atoms with E-state index in [1.807, 2.05) is 30.3 Å². The van der Waals surface area contributed by atoms with E-state index in [-0.39, 0.29) is 24.3 Å². The highest BCUT2D eigenvalue weighted by molar-refractivity contribution is 7.99. The number of thioether (sulfide) groups is 1. The van der Waals surface area contributed by atoms with Gasteiger partial charge in [-0.15, -0.1) is 11.8 Å². The summed E-state index contributed by atoms with van der Waals surface area (Å²) < 4.78 is 0. The number of amides is 3. The molecular weight excluding hydrogens is 388 g/mol. The average molecular weight is 406 g/mol. The lowest BCUT2D eigenvalue weighted by Gasteiger charge is -2.34. The summed E-state index contributed by atoms with van der Waals surface area (Å²) in [5.74, 6) is -1.30. The molecule has 0 aromatic heterocycles. The van der Waals surface area contributed by atoms with Gasteiger partial charge in [0.25, 0.3) is 11.8 Å². The van der Waals surface area contributed by atoms with Gasteiger partial charge in [-0.05, 0) is 17.7 Å². The lowest BCUT2D eigenvalue weighted by atomic mass is 9.92. The lowest BCUT2D eigenvalue weighted by Crippen LogP contribution is -2.56. The minimum atomic E-state index is -0.828. The largest absolute Gasteiger partial charge is 0.331 e. The van der Waals surface area contributed by atoms with Crippen LogP contribution in [0, 0.1) is 17.2 Å². The fourth-order valence-corrected chi connectivity index (χ4v) is 4.51. The number of nitrogens with one attached hydrogen (secondary N) is 2. The number of imide groups is 1. The van der Waals surface area contributed by atoms with E-state index in [0.717, 1.165) is 5.56 Å². The van der Waals surface area contributed by atoms with Crippen LogP contribution >= 0.6 is 11.8 Å². The quantitative estimate of drug-likeness (QED) is 0.736. The van der Waals surface area contributed by atoms with Crippen molar-refractivity contribution in [3.63, 3.8) is 0 Å². The van der Waals surface area contributed by atoms with Gasteiger partial charge in [0.05, 0.1) is 23.2 Å². The molecule has 29 heavy (non-hydrogen) atoms. The predicted molar refractivity (Wildman–Crippen MR) is 108 cm³/mol.